The molecule has 158 valence electrons. The molecule has 30 heavy (non-hydrogen) atoms. The lowest BCUT2D eigenvalue weighted by atomic mass is 10.1. The summed E-state index contributed by atoms with van der Waals surface area (Å²) in [7, 11) is 0. The van der Waals surface area contributed by atoms with E-state index in [1.807, 2.05) is 6.07 Å². The number of nitrogens with zero attached hydrogens (tertiary/aromatic N) is 4. The molecule has 1 saturated carbocycles. The number of fused-ring (bicyclic) bond motifs is 1. The summed E-state index contributed by atoms with van der Waals surface area (Å²) < 4.78 is 15.4. The Hall–Kier alpha value is -2.45. The molecule has 1 aliphatic carbocycles. The number of aromatic nitrogens is 4. The second-order valence-electron chi connectivity index (χ2n) is 8.44. The highest BCUT2D eigenvalue weighted by Crippen LogP contribution is 2.38. The van der Waals surface area contributed by atoms with Crippen molar-refractivity contribution < 1.29 is 4.39 Å². The van der Waals surface area contributed by atoms with Crippen molar-refractivity contribution in [3.05, 3.63) is 35.0 Å². The number of anilines is 3. The predicted octanol–water partition coefficient (Wildman–Crippen LogP) is 4.58. The van der Waals surface area contributed by atoms with E-state index in [1.54, 1.807) is 18.3 Å². The highest BCUT2D eigenvalue weighted by molar-refractivity contribution is 6.31. The second-order valence-corrected chi connectivity index (χ2v) is 8.85. The fourth-order valence-corrected chi connectivity index (χ4v) is 4.08. The van der Waals surface area contributed by atoms with Crippen LogP contribution in [0.3, 0.4) is 0 Å². The minimum absolute atomic E-state index is 0.0977. The quantitative estimate of drug-likeness (QED) is 0.532. The lowest BCUT2D eigenvalue weighted by molar-refractivity contribution is 0.377. The lowest BCUT2D eigenvalue weighted by Gasteiger charge is -2.26. The third-order valence-corrected chi connectivity index (χ3v) is 6.33. The zero-order valence-corrected chi connectivity index (χ0v) is 17.6. The van der Waals surface area contributed by atoms with Gasteiger partial charge in [0.25, 0.3) is 0 Å². The summed E-state index contributed by atoms with van der Waals surface area (Å²) >= 11 is 6.07. The van der Waals surface area contributed by atoms with E-state index < -0.39 is 6.67 Å². The number of benzene rings is 1. The third kappa shape index (κ3) is 3.81. The van der Waals surface area contributed by atoms with Crippen LogP contribution in [0.2, 0.25) is 5.02 Å². The summed E-state index contributed by atoms with van der Waals surface area (Å²) in [5.41, 5.74) is 2.85. The molecule has 0 bridgehead atoms. The number of nitrogens with one attached hydrogen (secondary N) is 3. The Morgan fingerprint density at radius 1 is 1.27 bits per heavy atom. The monoisotopic (exact) mass is 429 g/mol. The summed E-state index contributed by atoms with van der Waals surface area (Å²) in [6, 6.07) is 5.53. The van der Waals surface area contributed by atoms with Crippen molar-refractivity contribution in [1.82, 2.24) is 24.8 Å². The van der Waals surface area contributed by atoms with E-state index in [1.165, 1.54) is 0 Å². The first-order chi connectivity index (χ1) is 14.5. The molecule has 0 spiro atoms. The Morgan fingerprint density at radius 3 is 2.80 bits per heavy atom. The minimum Gasteiger partial charge on any atom is -0.349 e. The van der Waals surface area contributed by atoms with E-state index in [2.05, 4.69) is 32.4 Å². The van der Waals surface area contributed by atoms with Gasteiger partial charge in [-0.05, 0) is 63.9 Å². The molecule has 1 saturated heterocycles. The first-order valence-corrected chi connectivity index (χ1v) is 10.8. The number of rotatable bonds is 6. The molecule has 3 aromatic rings. The van der Waals surface area contributed by atoms with E-state index >= 15 is 0 Å². The first kappa shape index (κ1) is 19.5. The van der Waals surface area contributed by atoms with Gasteiger partial charge < -0.3 is 16.0 Å². The Morgan fingerprint density at radius 2 is 2.07 bits per heavy atom. The summed E-state index contributed by atoms with van der Waals surface area (Å²) in [6.45, 7) is 3.47. The summed E-state index contributed by atoms with van der Waals surface area (Å²) in [6.07, 6.45) is 6.00. The van der Waals surface area contributed by atoms with Crippen LogP contribution >= 0.6 is 11.6 Å². The SMILES string of the molecule is CC1(Nc2ncc3nc(Nc4ccc(Cl)c(CF)c4)n(C4CCNCC4)c3n2)CC1. The fourth-order valence-electron chi connectivity index (χ4n) is 3.92. The van der Waals surface area contributed by atoms with Gasteiger partial charge in [-0.3, -0.25) is 4.57 Å². The minimum atomic E-state index is -0.613. The third-order valence-electron chi connectivity index (χ3n) is 5.97. The van der Waals surface area contributed by atoms with Crippen molar-refractivity contribution in [2.75, 3.05) is 23.7 Å². The molecule has 3 heterocycles. The van der Waals surface area contributed by atoms with Gasteiger partial charge >= 0.3 is 0 Å². The van der Waals surface area contributed by atoms with Crippen LogP contribution in [-0.4, -0.2) is 38.1 Å². The average Bonchev–Trinajstić information content (AvgIpc) is 3.37. The van der Waals surface area contributed by atoms with Gasteiger partial charge in [0.15, 0.2) is 5.65 Å². The van der Waals surface area contributed by atoms with Crippen molar-refractivity contribution in [2.45, 2.75) is 50.9 Å². The van der Waals surface area contributed by atoms with Crippen LogP contribution < -0.4 is 16.0 Å². The molecular formula is C21H25ClFN7. The molecule has 2 aromatic heterocycles. The smallest absolute Gasteiger partial charge is 0.225 e. The zero-order chi connectivity index (χ0) is 20.7. The Labute approximate surface area is 179 Å². The van der Waals surface area contributed by atoms with Gasteiger partial charge in [0.2, 0.25) is 11.9 Å². The molecule has 2 fully saturated rings. The number of imidazole rings is 1. The number of hydrogen-bond acceptors (Lipinski definition) is 6. The maximum Gasteiger partial charge on any atom is 0.225 e. The molecule has 1 aromatic carbocycles. The molecule has 0 radical (unpaired) electrons. The standard InChI is InChI=1S/C21H25ClFN7/c1-21(6-7-21)29-19-25-12-17-18(28-19)30(15-4-8-24-9-5-15)20(27-17)26-14-2-3-16(22)13(10-14)11-23/h2-3,10,12,15,24H,4-9,11H2,1H3,(H,26,27)(H,25,28,29). The van der Waals surface area contributed by atoms with E-state index in [4.69, 9.17) is 21.6 Å². The Bertz CT molecular complexity index is 1070. The van der Waals surface area contributed by atoms with Crippen LogP contribution in [0.4, 0.5) is 22.0 Å². The fraction of sp³-hybridized carbons (Fsp3) is 0.476. The molecule has 2 aliphatic rings. The van der Waals surface area contributed by atoms with Gasteiger partial charge in [-0.2, -0.15) is 4.98 Å². The number of hydrogen-bond donors (Lipinski definition) is 3. The first-order valence-electron chi connectivity index (χ1n) is 10.4. The topological polar surface area (TPSA) is 79.7 Å². The molecule has 1 aliphatic heterocycles. The van der Waals surface area contributed by atoms with Crippen LogP contribution in [0.25, 0.3) is 11.2 Å². The van der Waals surface area contributed by atoms with E-state index in [0.717, 1.165) is 55.6 Å². The van der Waals surface area contributed by atoms with Crippen LogP contribution in [0.5, 0.6) is 0 Å². The number of piperidine rings is 1. The molecule has 9 heteroatoms. The van der Waals surface area contributed by atoms with Crippen LogP contribution in [0.15, 0.2) is 24.4 Å². The Kier molecular flexibility index (Phi) is 4.99. The average molecular weight is 430 g/mol. The largest absolute Gasteiger partial charge is 0.349 e. The maximum absolute atomic E-state index is 13.3. The maximum atomic E-state index is 13.3. The summed E-state index contributed by atoms with van der Waals surface area (Å²) in [4.78, 5) is 14.1. The number of alkyl halides is 1. The molecule has 3 N–H and O–H groups in total. The predicted molar refractivity (Wildman–Crippen MR) is 117 cm³/mol. The molecule has 0 atom stereocenters. The molecular weight excluding hydrogens is 405 g/mol. The van der Waals surface area contributed by atoms with E-state index in [-0.39, 0.29) is 11.6 Å². The van der Waals surface area contributed by atoms with E-state index in [0.29, 0.717) is 22.5 Å². The molecule has 0 unspecified atom stereocenters. The highest BCUT2D eigenvalue weighted by Gasteiger charge is 2.38. The summed E-state index contributed by atoms with van der Waals surface area (Å²) in [5.74, 6) is 1.32. The number of halogens is 2. The molecule has 0 amide bonds. The van der Waals surface area contributed by atoms with Crippen molar-refractivity contribution >= 4 is 40.3 Å². The summed E-state index contributed by atoms with van der Waals surface area (Å²) in [5, 5.41) is 10.6. The van der Waals surface area contributed by atoms with Crippen molar-refractivity contribution in [3.63, 3.8) is 0 Å². The molecule has 7 nitrogen and oxygen atoms in total. The van der Waals surface area contributed by atoms with Gasteiger partial charge in [0, 0.05) is 27.9 Å². The zero-order valence-electron chi connectivity index (χ0n) is 16.9. The second kappa shape index (κ2) is 7.67. The van der Waals surface area contributed by atoms with Crippen molar-refractivity contribution in [3.8, 4) is 0 Å². The lowest BCUT2D eigenvalue weighted by Crippen LogP contribution is -2.30. The van der Waals surface area contributed by atoms with Gasteiger partial charge in [-0.15, -0.1) is 0 Å². The molecule has 5 rings (SSSR count). The van der Waals surface area contributed by atoms with Gasteiger partial charge in [0.1, 0.15) is 12.2 Å². The van der Waals surface area contributed by atoms with Gasteiger partial charge in [-0.25, -0.2) is 14.4 Å². The highest BCUT2D eigenvalue weighted by atomic mass is 35.5. The van der Waals surface area contributed by atoms with Crippen LogP contribution in [-0.2, 0) is 6.67 Å². The van der Waals surface area contributed by atoms with Gasteiger partial charge in [0.05, 0.1) is 6.20 Å². The normalized spacial score (nSPS) is 18.5. The van der Waals surface area contributed by atoms with Gasteiger partial charge in [-0.1, -0.05) is 11.6 Å². The Balaban J connectivity index is 1.55. The van der Waals surface area contributed by atoms with Crippen LogP contribution in [0.1, 0.15) is 44.2 Å². The van der Waals surface area contributed by atoms with Crippen molar-refractivity contribution in [1.29, 1.82) is 0 Å². The van der Waals surface area contributed by atoms with Crippen molar-refractivity contribution in [2.24, 2.45) is 0 Å². The van der Waals surface area contributed by atoms with Crippen LogP contribution in [0, 0.1) is 0 Å². The van der Waals surface area contributed by atoms with E-state index in [9.17, 15) is 4.39 Å².